The molecule has 2 aliphatic heterocycles. The normalized spacial score (nSPS) is 27.0. The zero-order chi connectivity index (χ0) is 14.1. The summed E-state index contributed by atoms with van der Waals surface area (Å²) in [7, 11) is 0. The first-order valence-electron chi connectivity index (χ1n) is 8.04. The van der Waals surface area contributed by atoms with E-state index < -0.39 is 0 Å². The molecule has 2 fully saturated rings. The molecular formula is C19H22N2. The second-order valence-corrected chi connectivity index (χ2v) is 6.37. The molecule has 3 unspecified atom stereocenters. The van der Waals surface area contributed by atoms with E-state index in [-0.39, 0.29) is 0 Å². The van der Waals surface area contributed by atoms with Gasteiger partial charge in [-0.15, -0.1) is 0 Å². The van der Waals surface area contributed by atoms with Gasteiger partial charge in [0.05, 0.1) is 0 Å². The minimum atomic E-state index is 0.756. The fraction of sp³-hybridized carbons (Fsp3) is 0.368. The maximum absolute atomic E-state index is 3.70. The average Bonchev–Trinajstić information content (AvgIpc) is 3.17. The van der Waals surface area contributed by atoms with E-state index >= 15 is 0 Å². The van der Waals surface area contributed by atoms with Crippen LogP contribution >= 0.6 is 0 Å². The molecule has 2 aliphatic rings. The predicted octanol–water partition coefficient (Wildman–Crippen LogP) is 3.91. The van der Waals surface area contributed by atoms with E-state index in [0.29, 0.717) is 0 Å². The molecule has 2 aromatic carbocycles. The molecule has 2 bridgehead atoms. The van der Waals surface area contributed by atoms with E-state index in [1.165, 1.54) is 36.1 Å². The second kappa shape index (κ2) is 5.53. The van der Waals surface area contributed by atoms with Gasteiger partial charge in [0.2, 0.25) is 0 Å². The van der Waals surface area contributed by atoms with Crippen LogP contribution in [0.4, 0.5) is 5.69 Å². The number of rotatable bonds is 4. The van der Waals surface area contributed by atoms with Gasteiger partial charge in [0.25, 0.3) is 0 Å². The van der Waals surface area contributed by atoms with Gasteiger partial charge in [-0.25, -0.2) is 0 Å². The summed E-state index contributed by atoms with van der Waals surface area (Å²) in [4.78, 5) is 0. The minimum absolute atomic E-state index is 0.756. The van der Waals surface area contributed by atoms with Crippen molar-refractivity contribution >= 4 is 5.69 Å². The molecule has 108 valence electrons. The Morgan fingerprint density at radius 1 is 0.905 bits per heavy atom. The summed E-state index contributed by atoms with van der Waals surface area (Å²) >= 11 is 0. The Bertz CT molecular complexity index is 591. The standard InChI is InChI=1S/C19H22N2/c1-2-4-14(5-3-1)15-6-8-17(9-7-15)20-13-16-12-18-10-11-19(16)21-18/h1-9,16,18-21H,10-13H2. The van der Waals surface area contributed by atoms with Crippen LogP contribution in [0.1, 0.15) is 19.3 Å². The Morgan fingerprint density at radius 3 is 2.33 bits per heavy atom. The molecule has 0 aliphatic carbocycles. The van der Waals surface area contributed by atoms with Gasteiger partial charge in [-0.1, -0.05) is 42.5 Å². The van der Waals surface area contributed by atoms with E-state index in [4.69, 9.17) is 0 Å². The SMILES string of the molecule is c1ccc(-c2ccc(NCC3CC4CCC3N4)cc2)cc1. The lowest BCUT2D eigenvalue weighted by molar-refractivity contribution is 0.424. The van der Waals surface area contributed by atoms with Crippen LogP contribution in [-0.2, 0) is 0 Å². The van der Waals surface area contributed by atoms with Crippen molar-refractivity contribution in [1.29, 1.82) is 0 Å². The highest BCUT2D eigenvalue weighted by Gasteiger charge is 2.38. The van der Waals surface area contributed by atoms with Gasteiger partial charge in [0.1, 0.15) is 0 Å². The maximum Gasteiger partial charge on any atom is 0.0340 e. The van der Waals surface area contributed by atoms with E-state index in [0.717, 1.165) is 24.5 Å². The van der Waals surface area contributed by atoms with E-state index in [2.05, 4.69) is 65.2 Å². The lowest BCUT2D eigenvalue weighted by Gasteiger charge is -2.21. The molecule has 0 radical (unpaired) electrons. The Hall–Kier alpha value is -1.80. The number of nitrogens with one attached hydrogen (secondary N) is 2. The van der Waals surface area contributed by atoms with Crippen LogP contribution in [0.3, 0.4) is 0 Å². The first-order valence-corrected chi connectivity index (χ1v) is 8.04. The molecule has 2 nitrogen and oxygen atoms in total. The summed E-state index contributed by atoms with van der Waals surface area (Å²) in [6.45, 7) is 1.10. The highest BCUT2D eigenvalue weighted by Crippen LogP contribution is 2.33. The van der Waals surface area contributed by atoms with Crippen LogP contribution in [0.2, 0.25) is 0 Å². The third-order valence-electron chi connectivity index (χ3n) is 4.99. The summed E-state index contributed by atoms with van der Waals surface area (Å²) in [6, 6.07) is 20.9. The lowest BCUT2D eigenvalue weighted by Crippen LogP contribution is -2.27. The molecule has 21 heavy (non-hydrogen) atoms. The van der Waals surface area contributed by atoms with Crippen LogP contribution < -0.4 is 10.6 Å². The van der Waals surface area contributed by atoms with E-state index in [1.54, 1.807) is 0 Å². The van der Waals surface area contributed by atoms with Gasteiger partial charge in [-0.2, -0.15) is 0 Å². The number of hydrogen-bond donors (Lipinski definition) is 2. The molecule has 3 atom stereocenters. The molecule has 0 saturated carbocycles. The summed E-state index contributed by atoms with van der Waals surface area (Å²) in [5.41, 5.74) is 3.79. The van der Waals surface area contributed by atoms with Crippen LogP contribution in [0.25, 0.3) is 11.1 Å². The van der Waals surface area contributed by atoms with Crippen LogP contribution in [0.15, 0.2) is 54.6 Å². The van der Waals surface area contributed by atoms with E-state index in [1.807, 2.05) is 0 Å². The van der Waals surface area contributed by atoms with Gasteiger partial charge in [-0.3, -0.25) is 0 Å². The third kappa shape index (κ3) is 2.68. The maximum atomic E-state index is 3.70. The molecule has 0 aromatic heterocycles. The monoisotopic (exact) mass is 278 g/mol. The van der Waals surface area contributed by atoms with E-state index in [9.17, 15) is 0 Å². The Balaban J connectivity index is 1.38. The van der Waals surface area contributed by atoms with Gasteiger partial charge in [0.15, 0.2) is 0 Å². The first kappa shape index (κ1) is 12.9. The van der Waals surface area contributed by atoms with Crippen molar-refractivity contribution in [1.82, 2.24) is 5.32 Å². The molecule has 0 amide bonds. The van der Waals surface area contributed by atoms with Crippen LogP contribution in [0.5, 0.6) is 0 Å². The summed E-state index contributed by atoms with van der Waals surface area (Å²) in [5, 5.41) is 7.31. The number of fused-ring (bicyclic) bond motifs is 2. The summed E-state index contributed by atoms with van der Waals surface area (Å²) in [5.74, 6) is 0.803. The fourth-order valence-corrected chi connectivity index (χ4v) is 3.82. The minimum Gasteiger partial charge on any atom is -0.385 e. The molecule has 2 saturated heterocycles. The highest BCUT2D eigenvalue weighted by molar-refractivity contribution is 5.65. The predicted molar refractivity (Wildman–Crippen MR) is 88.4 cm³/mol. The average molecular weight is 278 g/mol. The quantitative estimate of drug-likeness (QED) is 0.886. The number of anilines is 1. The molecule has 4 rings (SSSR count). The Labute approximate surface area is 126 Å². The fourth-order valence-electron chi connectivity index (χ4n) is 3.82. The van der Waals surface area contributed by atoms with Gasteiger partial charge in [-0.05, 0) is 48.4 Å². The van der Waals surface area contributed by atoms with Crippen molar-refractivity contribution in [2.24, 2.45) is 5.92 Å². The molecule has 2 heterocycles. The largest absolute Gasteiger partial charge is 0.385 e. The van der Waals surface area contributed by atoms with Crippen molar-refractivity contribution in [3.8, 4) is 11.1 Å². The second-order valence-electron chi connectivity index (χ2n) is 6.37. The Kier molecular flexibility index (Phi) is 3.40. The Morgan fingerprint density at radius 2 is 1.67 bits per heavy atom. The summed E-state index contributed by atoms with van der Waals surface area (Å²) in [6.07, 6.45) is 4.09. The highest BCUT2D eigenvalue weighted by atomic mass is 15.0. The zero-order valence-electron chi connectivity index (χ0n) is 12.3. The van der Waals surface area contributed by atoms with Crippen LogP contribution in [0, 0.1) is 5.92 Å². The molecule has 2 aromatic rings. The van der Waals surface area contributed by atoms with Crippen molar-refractivity contribution < 1.29 is 0 Å². The lowest BCUT2D eigenvalue weighted by atomic mass is 9.89. The molecule has 2 N–H and O–H groups in total. The van der Waals surface area contributed by atoms with Crippen molar-refractivity contribution in [2.45, 2.75) is 31.3 Å². The molecule has 0 spiro atoms. The van der Waals surface area contributed by atoms with Gasteiger partial charge in [0, 0.05) is 24.3 Å². The van der Waals surface area contributed by atoms with Crippen molar-refractivity contribution in [3.05, 3.63) is 54.6 Å². The van der Waals surface area contributed by atoms with Gasteiger partial charge >= 0.3 is 0 Å². The summed E-state index contributed by atoms with van der Waals surface area (Å²) < 4.78 is 0. The van der Waals surface area contributed by atoms with Crippen LogP contribution in [-0.4, -0.2) is 18.6 Å². The third-order valence-corrected chi connectivity index (χ3v) is 4.99. The smallest absolute Gasteiger partial charge is 0.0340 e. The first-order chi connectivity index (χ1) is 10.4. The van der Waals surface area contributed by atoms with Crippen molar-refractivity contribution in [3.63, 3.8) is 0 Å². The van der Waals surface area contributed by atoms with Crippen molar-refractivity contribution in [2.75, 3.05) is 11.9 Å². The topological polar surface area (TPSA) is 24.1 Å². The zero-order valence-corrected chi connectivity index (χ0v) is 12.3. The molecule has 2 heteroatoms. The number of benzene rings is 2. The number of hydrogen-bond acceptors (Lipinski definition) is 2. The van der Waals surface area contributed by atoms with Gasteiger partial charge < -0.3 is 10.6 Å². The molecular weight excluding hydrogens is 256 g/mol.